The summed E-state index contributed by atoms with van der Waals surface area (Å²) in [5.41, 5.74) is 0. The molecule has 1 aromatic heterocycles. The number of methoxy groups -OCH3 is 1. The van der Waals surface area contributed by atoms with Crippen LogP contribution in [0.3, 0.4) is 0 Å². The SMILES string of the molecule is COc1ccc(N2CCN(C(=O)COc3ccc4ccccc4c3)CC2)nn1. The highest BCUT2D eigenvalue weighted by Gasteiger charge is 2.22. The zero-order chi connectivity index (χ0) is 19.3. The van der Waals surface area contributed by atoms with Crippen LogP contribution in [-0.4, -0.2) is 60.9 Å². The highest BCUT2D eigenvalue weighted by Crippen LogP contribution is 2.21. The summed E-state index contributed by atoms with van der Waals surface area (Å²) >= 11 is 0. The van der Waals surface area contributed by atoms with Gasteiger partial charge in [-0.2, -0.15) is 0 Å². The maximum Gasteiger partial charge on any atom is 0.260 e. The number of amides is 1. The molecule has 3 aromatic rings. The molecule has 4 rings (SSSR count). The lowest BCUT2D eigenvalue weighted by atomic mass is 10.1. The van der Waals surface area contributed by atoms with E-state index in [-0.39, 0.29) is 12.5 Å². The molecule has 1 saturated heterocycles. The van der Waals surface area contributed by atoms with Crippen molar-refractivity contribution in [2.45, 2.75) is 0 Å². The fourth-order valence-electron chi connectivity index (χ4n) is 3.27. The summed E-state index contributed by atoms with van der Waals surface area (Å²) in [5, 5.41) is 10.4. The van der Waals surface area contributed by atoms with Crippen molar-refractivity contribution in [3.63, 3.8) is 0 Å². The van der Waals surface area contributed by atoms with Crippen molar-refractivity contribution in [3.8, 4) is 11.6 Å². The van der Waals surface area contributed by atoms with Crippen molar-refractivity contribution in [3.05, 3.63) is 54.6 Å². The van der Waals surface area contributed by atoms with Gasteiger partial charge >= 0.3 is 0 Å². The second kappa shape index (κ2) is 8.12. The van der Waals surface area contributed by atoms with Crippen LogP contribution in [0.2, 0.25) is 0 Å². The minimum Gasteiger partial charge on any atom is -0.484 e. The summed E-state index contributed by atoms with van der Waals surface area (Å²) in [7, 11) is 1.56. The van der Waals surface area contributed by atoms with Gasteiger partial charge in [0.25, 0.3) is 5.91 Å². The van der Waals surface area contributed by atoms with Crippen molar-refractivity contribution < 1.29 is 14.3 Å². The summed E-state index contributed by atoms with van der Waals surface area (Å²) in [5.74, 6) is 1.98. The molecule has 2 heterocycles. The monoisotopic (exact) mass is 378 g/mol. The van der Waals surface area contributed by atoms with Crippen molar-refractivity contribution in [2.75, 3.05) is 44.8 Å². The largest absolute Gasteiger partial charge is 0.484 e. The molecule has 7 nitrogen and oxygen atoms in total. The molecule has 0 radical (unpaired) electrons. The average molecular weight is 378 g/mol. The lowest BCUT2D eigenvalue weighted by molar-refractivity contribution is -0.133. The molecule has 0 unspecified atom stereocenters. The Morgan fingerprint density at radius 2 is 1.75 bits per heavy atom. The first-order valence-corrected chi connectivity index (χ1v) is 9.25. The smallest absolute Gasteiger partial charge is 0.260 e. The Kier molecular flexibility index (Phi) is 5.23. The van der Waals surface area contributed by atoms with Crippen LogP contribution in [0.5, 0.6) is 11.6 Å². The Morgan fingerprint density at radius 3 is 2.46 bits per heavy atom. The second-order valence-corrected chi connectivity index (χ2v) is 6.60. The number of rotatable bonds is 5. The van der Waals surface area contributed by atoms with E-state index in [0.29, 0.717) is 37.8 Å². The molecule has 0 spiro atoms. The Labute approximate surface area is 163 Å². The predicted molar refractivity (Wildman–Crippen MR) is 107 cm³/mol. The zero-order valence-corrected chi connectivity index (χ0v) is 15.7. The van der Waals surface area contributed by atoms with Gasteiger partial charge in [0.1, 0.15) is 5.75 Å². The van der Waals surface area contributed by atoms with Crippen LogP contribution in [0.1, 0.15) is 0 Å². The molecular weight excluding hydrogens is 356 g/mol. The lowest BCUT2D eigenvalue weighted by Crippen LogP contribution is -2.50. The van der Waals surface area contributed by atoms with Crippen molar-refractivity contribution >= 4 is 22.5 Å². The minimum atomic E-state index is -0.00590. The van der Waals surface area contributed by atoms with E-state index in [1.165, 1.54) is 0 Å². The Morgan fingerprint density at radius 1 is 0.964 bits per heavy atom. The van der Waals surface area contributed by atoms with Gasteiger partial charge in [-0.3, -0.25) is 4.79 Å². The van der Waals surface area contributed by atoms with E-state index in [1.807, 2.05) is 47.4 Å². The molecule has 0 bridgehead atoms. The molecule has 2 aromatic carbocycles. The Bertz CT molecular complexity index is 953. The van der Waals surface area contributed by atoms with Crippen LogP contribution in [0.4, 0.5) is 5.82 Å². The minimum absolute atomic E-state index is 0.00590. The number of carbonyl (C=O) groups excluding carboxylic acids is 1. The number of carbonyl (C=O) groups is 1. The number of piperazine rings is 1. The molecular formula is C21H22N4O3. The number of anilines is 1. The van der Waals surface area contributed by atoms with Crippen LogP contribution in [-0.2, 0) is 4.79 Å². The molecule has 144 valence electrons. The van der Waals surface area contributed by atoms with Gasteiger partial charge in [0.15, 0.2) is 12.4 Å². The molecule has 1 amide bonds. The van der Waals surface area contributed by atoms with E-state index in [1.54, 1.807) is 13.2 Å². The molecule has 28 heavy (non-hydrogen) atoms. The van der Waals surface area contributed by atoms with E-state index in [0.717, 1.165) is 16.6 Å². The van der Waals surface area contributed by atoms with Crippen molar-refractivity contribution in [1.82, 2.24) is 15.1 Å². The fourth-order valence-corrected chi connectivity index (χ4v) is 3.27. The maximum atomic E-state index is 12.5. The van der Waals surface area contributed by atoms with Crippen LogP contribution in [0, 0.1) is 0 Å². The number of hydrogen-bond donors (Lipinski definition) is 0. The zero-order valence-electron chi connectivity index (χ0n) is 15.7. The molecule has 1 aliphatic rings. The Hall–Kier alpha value is -3.35. The summed E-state index contributed by atoms with van der Waals surface area (Å²) in [4.78, 5) is 16.4. The first-order valence-electron chi connectivity index (χ1n) is 9.25. The average Bonchev–Trinajstić information content (AvgIpc) is 2.77. The number of aromatic nitrogens is 2. The molecule has 1 aliphatic heterocycles. The fraction of sp³-hybridized carbons (Fsp3) is 0.286. The standard InChI is InChI=1S/C21H22N4O3/c1-27-20-9-8-19(22-23-20)24-10-12-25(13-11-24)21(26)15-28-18-7-6-16-4-2-3-5-17(16)14-18/h2-9,14H,10-13,15H2,1H3. The van der Waals surface area contributed by atoms with Crippen molar-refractivity contribution in [1.29, 1.82) is 0 Å². The van der Waals surface area contributed by atoms with E-state index >= 15 is 0 Å². The Balaban J connectivity index is 1.29. The number of ether oxygens (including phenoxy) is 2. The van der Waals surface area contributed by atoms with E-state index < -0.39 is 0 Å². The van der Waals surface area contributed by atoms with Gasteiger partial charge in [-0.15, -0.1) is 10.2 Å². The van der Waals surface area contributed by atoms with E-state index in [9.17, 15) is 4.79 Å². The molecule has 0 N–H and O–H groups in total. The van der Waals surface area contributed by atoms with Gasteiger partial charge in [0.05, 0.1) is 7.11 Å². The summed E-state index contributed by atoms with van der Waals surface area (Å²) in [6.45, 7) is 2.73. The third-order valence-electron chi connectivity index (χ3n) is 4.87. The molecule has 0 aliphatic carbocycles. The summed E-state index contributed by atoms with van der Waals surface area (Å²) < 4.78 is 10.8. The topological polar surface area (TPSA) is 67.8 Å². The van der Waals surface area contributed by atoms with Crippen molar-refractivity contribution in [2.24, 2.45) is 0 Å². The van der Waals surface area contributed by atoms with Gasteiger partial charge in [-0.05, 0) is 29.0 Å². The molecule has 0 atom stereocenters. The highest BCUT2D eigenvalue weighted by molar-refractivity contribution is 5.84. The third-order valence-corrected chi connectivity index (χ3v) is 4.87. The molecule has 0 saturated carbocycles. The summed E-state index contributed by atoms with van der Waals surface area (Å²) in [6.07, 6.45) is 0. The normalized spacial score (nSPS) is 14.2. The van der Waals surface area contributed by atoms with Crippen LogP contribution in [0.25, 0.3) is 10.8 Å². The molecule has 1 fully saturated rings. The second-order valence-electron chi connectivity index (χ2n) is 6.60. The van der Waals surface area contributed by atoms with E-state index in [4.69, 9.17) is 9.47 Å². The molecule has 7 heteroatoms. The summed E-state index contributed by atoms with van der Waals surface area (Å²) in [6, 6.07) is 17.6. The van der Waals surface area contributed by atoms with Gasteiger partial charge in [-0.25, -0.2) is 0 Å². The van der Waals surface area contributed by atoms with E-state index in [2.05, 4.69) is 21.2 Å². The van der Waals surface area contributed by atoms with Crippen LogP contribution in [0.15, 0.2) is 54.6 Å². The number of hydrogen-bond acceptors (Lipinski definition) is 6. The van der Waals surface area contributed by atoms with Gasteiger partial charge in [0.2, 0.25) is 5.88 Å². The van der Waals surface area contributed by atoms with Gasteiger partial charge in [-0.1, -0.05) is 30.3 Å². The maximum absolute atomic E-state index is 12.5. The number of fused-ring (bicyclic) bond motifs is 1. The van der Waals surface area contributed by atoms with Gasteiger partial charge < -0.3 is 19.3 Å². The lowest BCUT2D eigenvalue weighted by Gasteiger charge is -2.35. The predicted octanol–water partition coefficient (Wildman–Crippen LogP) is 2.37. The third kappa shape index (κ3) is 3.98. The van der Waals surface area contributed by atoms with Crippen LogP contribution >= 0.6 is 0 Å². The first kappa shape index (κ1) is 18.0. The first-order chi connectivity index (χ1) is 13.7. The number of benzene rings is 2. The van der Waals surface area contributed by atoms with Crippen LogP contribution < -0.4 is 14.4 Å². The highest BCUT2D eigenvalue weighted by atomic mass is 16.5. The number of nitrogens with zero attached hydrogens (tertiary/aromatic N) is 4. The van der Waals surface area contributed by atoms with Gasteiger partial charge in [0, 0.05) is 32.2 Å². The quantitative estimate of drug-likeness (QED) is 0.679.